The lowest BCUT2D eigenvalue weighted by atomic mass is 10.3. The third-order valence-electron chi connectivity index (χ3n) is 3.15. The van der Waals surface area contributed by atoms with Crippen LogP contribution in [0.25, 0.3) is 16.4 Å². The van der Waals surface area contributed by atoms with Crippen LogP contribution in [0.3, 0.4) is 0 Å². The van der Waals surface area contributed by atoms with Gasteiger partial charge in [0.15, 0.2) is 5.69 Å². The average molecular weight is 335 g/mol. The molecule has 0 aliphatic rings. The van der Waals surface area contributed by atoms with Gasteiger partial charge in [0.2, 0.25) is 0 Å². The number of hydrogen-bond donors (Lipinski definition) is 1. The van der Waals surface area contributed by atoms with E-state index in [1.165, 1.54) is 11.3 Å². The van der Waals surface area contributed by atoms with Crippen LogP contribution >= 0.6 is 22.9 Å². The SMILES string of the molecule is Cc1sc(-c2nnn(-c3cccc(Cl)c3)c2C)nc1C(=O)O. The number of carboxylic acids is 1. The molecule has 0 radical (unpaired) electrons. The number of nitrogens with zero attached hydrogens (tertiary/aromatic N) is 4. The minimum Gasteiger partial charge on any atom is -0.476 e. The Morgan fingerprint density at radius 1 is 1.36 bits per heavy atom. The van der Waals surface area contributed by atoms with Gasteiger partial charge in [0.1, 0.15) is 10.7 Å². The highest BCUT2D eigenvalue weighted by atomic mass is 35.5. The summed E-state index contributed by atoms with van der Waals surface area (Å²) in [6, 6.07) is 7.26. The maximum atomic E-state index is 11.1. The Bertz CT molecular complexity index is 872. The maximum absolute atomic E-state index is 11.1. The summed E-state index contributed by atoms with van der Waals surface area (Å²) in [5.74, 6) is -1.04. The van der Waals surface area contributed by atoms with Crippen molar-refractivity contribution in [3.05, 3.63) is 45.6 Å². The van der Waals surface area contributed by atoms with Crippen molar-refractivity contribution in [1.82, 2.24) is 20.0 Å². The first-order chi connectivity index (χ1) is 10.5. The van der Waals surface area contributed by atoms with Gasteiger partial charge in [-0.05, 0) is 32.0 Å². The van der Waals surface area contributed by atoms with Crippen LogP contribution in [-0.4, -0.2) is 31.1 Å². The van der Waals surface area contributed by atoms with Gasteiger partial charge >= 0.3 is 5.97 Å². The number of aromatic carboxylic acids is 1. The number of halogens is 1. The number of benzene rings is 1. The van der Waals surface area contributed by atoms with E-state index in [1.807, 2.05) is 19.1 Å². The molecule has 0 fully saturated rings. The summed E-state index contributed by atoms with van der Waals surface area (Å²) < 4.78 is 1.65. The van der Waals surface area contributed by atoms with Gasteiger partial charge < -0.3 is 5.11 Å². The second-order valence-electron chi connectivity index (χ2n) is 4.64. The Morgan fingerprint density at radius 2 is 2.14 bits per heavy atom. The summed E-state index contributed by atoms with van der Waals surface area (Å²) in [7, 11) is 0. The predicted molar refractivity (Wildman–Crippen MR) is 83.9 cm³/mol. The minimum absolute atomic E-state index is 0.0525. The smallest absolute Gasteiger partial charge is 0.355 e. The lowest BCUT2D eigenvalue weighted by Gasteiger charge is -2.03. The number of carbonyl (C=O) groups is 1. The first-order valence-corrected chi connectivity index (χ1v) is 7.56. The molecule has 0 aliphatic carbocycles. The molecule has 0 atom stereocenters. The Balaban J connectivity index is 2.07. The molecule has 1 N–H and O–H groups in total. The van der Waals surface area contributed by atoms with Crippen molar-refractivity contribution in [2.24, 2.45) is 0 Å². The number of aryl methyl sites for hydroxylation is 1. The molecule has 0 bridgehead atoms. The summed E-state index contributed by atoms with van der Waals surface area (Å²) in [5, 5.41) is 18.5. The molecule has 1 aromatic carbocycles. The summed E-state index contributed by atoms with van der Waals surface area (Å²) in [5.41, 5.74) is 2.18. The van der Waals surface area contributed by atoms with Crippen LogP contribution < -0.4 is 0 Å². The molecule has 0 aliphatic heterocycles. The Hall–Kier alpha value is -2.25. The molecule has 0 spiro atoms. The van der Waals surface area contributed by atoms with Crippen LogP contribution in [0.2, 0.25) is 5.02 Å². The molecular weight excluding hydrogens is 324 g/mol. The van der Waals surface area contributed by atoms with Gasteiger partial charge in [-0.1, -0.05) is 22.9 Å². The first-order valence-electron chi connectivity index (χ1n) is 6.36. The number of carboxylic acid groups (broad SMARTS) is 1. The first kappa shape index (κ1) is 14.7. The van der Waals surface area contributed by atoms with Crippen LogP contribution in [-0.2, 0) is 0 Å². The number of aromatic nitrogens is 4. The van der Waals surface area contributed by atoms with Crippen LogP contribution in [0.15, 0.2) is 24.3 Å². The second-order valence-corrected chi connectivity index (χ2v) is 6.28. The molecule has 22 heavy (non-hydrogen) atoms. The predicted octanol–water partition coefficient (Wildman–Crippen LogP) is 3.36. The van der Waals surface area contributed by atoms with E-state index in [4.69, 9.17) is 16.7 Å². The summed E-state index contributed by atoms with van der Waals surface area (Å²) in [6.45, 7) is 3.58. The molecule has 3 aromatic rings. The lowest BCUT2D eigenvalue weighted by molar-refractivity contribution is 0.0690. The monoisotopic (exact) mass is 334 g/mol. The lowest BCUT2D eigenvalue weighted by Crippen LogP contribution is -1.99. The molecule has 3 rings (SSSR count). The maximum Gasteiger partial charge on any atom is 0.355 e. The van der Waals surface area contributed by atoms with Crippen LogP contribution in [0, 0.1) is 13.8 Å². The highest BCUT2D eigenvalue weighted by Gasteiger charge is 2.20. The highest BCUT2D eigenvalue weighted by molar-refractivity contribution is 7.15. The van der Waals surface area contributed by atoms with E-state index in [0.29, 0.717) is 20.6 Å². The minimum atomic E-state index is -1.04. The molecule has 0 saturated carbocycles. The van der Waals surface area contributed by atoms with Crippen LogP contribution in [0.1, 0.15) is 21.1 Å². The second kappa shape index (κ2) is 5.51. The summed E-state index contributed by atoms with van der Waals surface area (Å²) in [6.07, 6.45) is 0. The molecule has 0 amide bonds. The van der Waals surface area contributed by atoms with Crippen molar-refractivity contribution >= 4 is 28.9 Å². The number of thiazole rings is 1. The van der Waals surface area contributed by atoms with Crippen molar-refractivity contribution in [2.45, 2.75) is 13.8 Å². The molecular formula is C14H11ClN4O2S. The van der Waals surface area contributed by atoms with Gasteiger partial charge in [-0.2, -0.15) is 0 Å². The zero-order chi connectivity index (χ0) is 15.9. The van der Waals surface area contributed by atoms with Crippen molar-refractivity contribution in [1.29, 1.82) is 0 Å². The third-order valence-corrected chi connectivity index (χ3v) is 4.36. The van der Waals surface area contributed by atoms with Gasteiger partial charge in [0.25, 0.3) is 0 Å². The average Bonchev–Trinajstić information content (AvgIpc) is 3.02. The standard InChI is InChI=1S/C14H11ClN4O2S/c1-7-11(13-16-12(14(20)21)8(2)22-13)17-18-19(7)10-5-3-4-9(15)6-10/h3-6H,1-2H3,(H,20,21). The van der Waals surface area contributed by atoms with Crippen molar-refractivity contribution in [3.63, 3.8) is 0 Å². The van der Waals surface area contributed by atoms with E-state index >= 15 is 0 Å². The quantitative estimate of drug-likeness (QED) is 0.794. The largest absolute Gasteiger partial charge is 0.476 e. The van der Waals surface area contributed by atoms with Gasteiger partial charge in [0.05, 0.1) is 11.4 Å². The Kier molecular flexibility index (Phi) is 3.67. The fraction of sp³-hybridized carbons (Fsp3) is 0.143. The molecule has 0 unspecified atom stereocenters. The van der Waals surface area contributed by atoms with E-state index in [2.05, 4.69) is 15.3 Å². The molecule has 0 saturated heterocycles. The summed E-state index contributed by atoms with van der Waals surface area (Å²) in [4.78, 5) is 15.9. The van der Waals surface area contributed by atoms with Gasteiger partial charge in [0, 0.05) is 9.90 Å². The highest BCUT2D eigenvalue weighted by Crippen LogP contribution is 2.29. The van der Waals surface area contributed by atoms with E-state index in [1.54, 1.807) is 23.7 Å². The van der Waals surface area contributed by atoms with Crippen molar-refractivity contribution in [3.8, 4) is 16.4 Å². The fourth-order valence-corrected chi connectivity index (χ4v) is 3.20. The van der Waals surface area contributed by atoms with Gasteiger partial charge in [-0.3, -0.25) is 0 Å². The van der Waals surface area contributed by atoms with E-state index in [9.17, 15) is 4.79 Å². The molecule has 6 nitrogen and oxygen atoms in total. The zero-order valence-electron chi connectivity index (χ0n) is 11.7. The summed E-state index contributed by atoms with van der Waals surface area (Å²) >= 11 is 7.28. The van der Waals surface area contributed by atoms with Crippen LogP contribution in [0.4, 0.5) is 0 Å². The van der Waals surface area contributed by atoms with Crippen molar-refractivity contribution < 1.29 is 9.90 Å². The molecule has 2 aromatic heterocycles. The van der Waals surface area contributed by atoms with Crippen LogP contribution in [0.5, 0.6) is 0 Å². The van der Waals surface area contributed by atoms with Crippen molar-refractivity contribution in [2.75, 3.05) is 0 Å². The van der Waals surface area contributed by atoms with E-state index < -0.39 is 5.97 Å². The molecule has 8 heteroatoms. The van der Waals surface area contributed by atoms with Gasteiger partial charge in [-0.15, -0.1) is 16.4 Å². The Morgan fingerprint density at radius 3 is 2.77 bits per heavy atom. The normalized spacial score (nSPS) is 10.9. The van der Waals surface area contributed by atoms with Gasteiger partial charge in [-0.25, -0.2) is 14.5 Å². The zero-order valence-corrected chi connectivity index (χ0v) is 13.3. The fourth-order valence-electron chi connectivity index (χ4n) is 2.08. The van der Waals surface area contributed by atoms with E-state index in [-0.39, 0.29) is 5.69 Å². The number of hydrogen-bond acceptors (Lipinski definition) is 5. The Labute approximate surface area is 135 Å². The molecule has 2 heterocycles. The third kappa shape index (κ3) is 2.49. The topological polar surface area (TPSA) is 80.9 Å². The number of rotatable bonds is 3. The van der Waals surface area contributed by atoms with E-state index in [0.717, 1.165) is 11.4 Å². The molecule has 112 valence electrons.